The molecule has 3 unspecified atom stereocenters. The summed E-state index contributed by atoms with van der Waals surface area (Å²) in [5.41, 5.74) is 2.50. The van der Waals surface area contributed by atoms with Crippen molar-refractivity contribution in [3.05, 3.63) is 30.0 Å². The molecule has 0 radical (unpaired) electrons. The number of rotatable bonds is 4. The molecule has 2 aliphatic rings. The fraction of sp³-hybridized carbons (Fsp3) is 0.609. The minimum atomic E-state index is -4.29. The van der Waals surface area contributed by atoms with E-state index in [1.165, 1.54) is 0 Å². The van der Waals surface area contributed by atoms with Crippen molar-refractivity contribution < 1.29 is 21.9 Å². The van der Waals surface area contributed by atoms with E-state index in [1.54, 1.807) is 17.3 Å². The first kappa shape index (κ1) is 23.6. The molecule has 0 amide bonds. The summed E-state index contributed by atoms with van der Waals surface area (Å²) >= 11 is -2.46. The number of nitrogens with one attached hydrogen (secondary N) is 1. The van der Waals surface area contributed by atoms with Crippen molar-refractivity contribution in [1.82, 2.24) is 24.8 Å². The molecule has 184 valence electrons. The Balaban J connectivity index is 1.37. The Bertz CT molecular complexity index is 1210. The fourth-order valence-electron chi connectivity index (χ4n) is 5.86. The van der Waals surface area contributed by atoms with Gasteiger partial charge in [-0.25, -0.2) is 15.0 Å². The Labute approximate surface area is 197 Å². The van der Waals surface area contributed by atoms with E-state index in [0.717, 1.165) is 40.6 Å². The second-order valence-electron chi connectivity index (χ2n) is 9.57. The number of hydrogen-bond donors (Lipinski definition) is 1. The predicted octanol–water partition coefficient (Wildman–Crippen LogP) is 4.57. The van der Waals surface area contributed by atoms with Gasteiger partial charge in [0.15, 0.2) is 5.65 Å². The van der Waals surface area contributed by atoms with E-state index in [9.17, 15) is 21.9 Å². The van der Waals surface area contributed by atoms with Crippen molar-refractivity contribution in [2.75, 3.05) is 13.1 Å². The lowest BCUT2D eigenvalue weighted by molar-refractivity contribution is -0.188. The lowest BCUT2D eigenvalue weighted by Gasteiger charge is -2.44. The van der Waals surface area contributed by atoms with Crippen LogP contribution in [0.5, 0.6) is 0 Å². The molecule has 1 saturated carbocycles. The number of H-pyrrole nitrogens is 1. The highest BCUT2D eigenvalue weighted by Crippen LogP contribution is 2.42. The zero-order valence-corrected chi connectivity index (χ0v) is 19.7. The fourth-order valence-corrected chi connectivity index (χ4v) is 6.89. The van der Waals surface area contributed by atoms with E-state index >= 15 is 0 Å². The molecular weight excluding hydrogens is 467 g/mol. The highest BCUT2D eigenvalue weighted by Gasteiger charge is 2.44. The van der Waals surface area contributed by atoms with Gasteiger partial charge in [0, 0.05) is 29.2 Å². The third-order valence-electron chi connectivity index (χ3n) is 7.44. The molecular formula is C23H27F3N5O2S-. The Morgan fingerprint density at radius 3 is 2.68 bits per heavy atom. The van der Waals surface area contributed by atoms with Gasteiger partial charge >= 0.3 is 6.18 Å². The number of aromatic amines is 1. The number of aryl methyl sites for hydroxylation is 1. The predicted molar refractivity (Wildman–Crippen MR) is 122 cm³/mol. The third-order valence-corrected chi connectivity index (χ3v) is 8.52. The molecule has 1 aliphatic carbocycles. The van der Waals surface area contributed by atoms with Crippen molar-refractivity contribution in [2.24, 2.45) is 11.8 Å². The van der Waals surface area contributed by atoms with Crippen LogP contribution in [0.3, 0.4) is 0 Å². The lowest BCUT2D eigenvalue weighted by atomic mass is 9.78. The highest BCUT2D eigenvalue weighted by molar-refractivity contribution is 7.79. The second-order valence-corrected chi connectivity index (χ2v) is 10.6. The molecule has 4 heterocycles. The van der Waals surface area contributed by atoms with Crippen molar-refractivity contribution in [1.29, 1.82) is 0 Å². The molecule has 34 heavy (non-hydrogen) atoms. The number of aromatic nitrogens is 4. The van der Waals surface area contributed by atoms with Gasteiger partial charge in [-0.15, -0.1) is 0 Å². The summed E-state index contributed by atoms with van der Waals surface area (Å²) < 4.78 is 64.3. The Morgan fingerprint density at radius 1 is 1.21 bits per heavy atom. The first-order valence-electron chi connectivity index (χ1n) is 11.7. The Hall–Kier alpha value is -2.11. The molecule has 1 aliphatic heterocycles. The van der Waals surface area contributed by atoms with Gasteiger partial charge in [-0.05, 0) is 81.0 Å². The molecule has 5 rings (SSSR count). The van der Waals surface area contributed by atoms with Gasteiger partial charge in [0.25, 0.3) is 0 Å². The van der Waals surface area contributed by atoms with Crippen LogP contribution in [0.4, 0.5) is 13.2 Å². The van der Waals surface area contributed by atoms with Crippen LogP contribution in [-0.4, -0.2) is 58.2 Å². The molecule has 3 aromatic heterocycles. The molecule has 11 heteroatoms. The van der Waals surface area contributed by atoms with Crippen LogP contribution in [0.2, 0.25) is 0 Å². The van der Waals surface area contributed by atoms with Crippen LogP contribution in [0.25, 0.3) is 21.9 Å². The number of alkyl halides is 3. The molecule has 0 spiro atoms. The normalized spacial score (nSPS) is 26.7. The molecule has 3 aromatic rings. The van der Waals surface area contributed by atoms with Crippen LogP contribution in [-0.2, 0) is 11.1 Å². The number of pyridine rings is 1. The van der Waals surface area contributed by atoms with E-state index in [-0.39, 0.29) is 24.8 Å². The summed E-state index contributed by atoms with van der Waals surface area (Å²) in [5, 5.41) is 1.05. The Kier molecular flexibility index (Phi) is 6.36. The number of hydrogen-bond acceptors (Lipinski definition) is 6. The molecule has 0 aromatic carbocycles. The van der Waals surface area contributed by atoms with Crippen molar-refractivity contribution >= 4 is 33.0 Å². The average Bonchev–Trinajstić information content (AvgIpc) is 3.27. The second kappa shape index (κ2) is 9.16. The van der Waals surface area contributed by atoms with Crippen LogP contribution in [0.15, 0.2) is 18.5 Å². The van der Waals surface area contributed by atoms with Crippen molar-refractivity contribution in [3.8, 4) is 0 Å². The zero-order chi connectivity index (χ0) is 24.0. The van der Waals surface area contributed by atoms with Gasteiger partial charge in [0.1, 0.15) is 5.82 Å². The summed E-state index contributed by atoms with van der Waals surface area (Å²) in [6.07, 6.45) is 2.36. The number of likely N-dealkylation sites (tertiary alicyclic amines) is 1. The molecule has 0 bridgehead atoms. The average molecular weight is 495 g/mol. The maximum Gasteiger partial charge on any atom is 0.393 e. The maximum atomic E-state index is 13.3. The smallest absolute Gasteiger partial charge is 0.393 e. The van der Waals surface area contributed by atoms with Crippen molar-refractivity contribution in [3.63, 3.8) is 0 Å². The van der Waals surface area contributed by atoms with E-state index < -0.39 is 28.5 Å². The Morgan fingerprint density at radius 2 is 1.97 bits per heavy atom. The largest absolute Gasteiger partial charge is 0.771 e. The van der Waals surface area contributed by atoms with Gasteiger partial charge < -0.3 is 9.54 Å². The standard InChI is InChI=1S/C23H28F3N5O2S/c1-13-29-18-11-28-21-17(8-9-27-21)19(18)20(30-13)14-4-6-15(7-5-14)22(34(32)33)31-10-2-3-16(12-31)23(24,25)26/h8-9,11,14-16,22H,2-7,10,12H2,1H3,(H,29,30)(H,32,33)/p-1. The lowest BCUT2D eigenvalue weighted by Crippen LogP contribution is -2.51. The monoisotopic (exact) mass is 494 g/mol. The summed E-state index contributed by atoms with van der Waals surface area (Å²) in [4.78, 5) is 18.3. The number of nitrogens with zero attached hydrogens (tertiary/aromatic N) is 4. The SMILES string of the molecule is Cc1nc2cnc3nccc3c2c(C2CCC(C(N3CCCC(C(F)(F)F)C3)S(=O)[O-])CC2)[nH]1. The quantitative estimate of drug-likeness (QED) is 0.534. The maximum absolute atomic E-state index is 13.3. The van der Waals surface area contributed by atoms with Gasteiger partial charge in [0.2, 0.25) is 0 Å². The minimum absolute atomic E-state index is 0.0646. The van der Waals surface area contributed by atoms with Crippen molar-refractivity contribution in [2.45, 2.75) is 62.9 Å². The number of piperidine rings is 1. The number of fused-ring (bicyclic) bond motifs is 3. The minimum Gasteiger partial charge on any atom is -0.771 e. The van der Waals surface area contributed by atoms with Crippen LogP contribution < -0.4 is 0 Å². The van der Waals surface area contributed by atoms with E-state index in [2.05, 4.69) is 19.9 Å². The van der Waals surface area contributed by atoms with Gasteiger partial charge in [-0.2, -0.15) is 13.2 Å². The highest BCUT2D eigenvalue weighted by atomic mass is 32.2. The summed E-state index contributed by atoms with van der Waals surface area (Å²) in [5.74, 6) is -0.696. The molecule has 7 nitrogen and oxygen atoms in total. The van der Waals surface area contributed by atoms with E-state index in [4.69, 9.17) is 0 Å². The molecule has 1 N–H and O–H groups in total. The topological polar surface area (TPSA) is 97.8 Å². The summed E-state index contributed by atoms with van der Waals surface area (Å²) in [7, 11) is 0. The van der Waals surface area contributed by atoms with E-state index in [0.29, 0.717) is 31.5 Å². The summed E-state index contributed by atoms with van der Waals surface area (Å²) in [6, 6.07) is 1.93. The van der Waals surface area contributed by atoms with E-state index in [1.807, 2.05) is 13.0 Å². The van der Waals surface area contributed by atoms with Crippen LogP contribution in [0, 0.1) is 18.8 Å². The zero-order valence-electron chi connectivity index (χ0n) is 18.8. The third kappa shape index (κ3) is 4.45. The van der Waals surface area contributed by atoms with Gasteiger partial charge in [0.05, 0.1) is 23.0 Å². The molecule has 3 atom stereocenters. The van der Waals surface area contributed by atoms with Gasteiger partial charge in [-0.3, -0.25) is 9.11 Å². The molecule has 2 fully saturated rings. The number of halogens is 3. The first-order chi connectivity index (χ1) is 16.2. The van der Waals surface area contributed by atoms with Crippen LogP contribution >= 0.6 is 0 Å². The summed E-state index contributed by atoms with van der Waals surface area (Å²) in [6.45, 7) is 2.05. The first-order valence-corrected chi connectivity index (χ1v) is 12.8. The van der Waals surface area contributed by atoms with Gasteiger partial charge in [-0.1, -0.05) is 0 Å². The van der Waals surface area contributed by atoms with Crippen LogP contribution in [0.1, 0.15) is 56.0 Å². The molecule has 1 saturated heterocycles.